The van der Waals surface area contributed by atoms with Crippen LogP contribution < -0.4 is 5.32 Å². The normalized spacial score (nSPS) is 32.4. The highest BCUT2D eigenvalue weighted by Crippen LogP contribution is 2.24. The van der Waals surface area contributed by atoms with E-state index in [0.717, 1.165) is 6.54 Å². The minimum Gasteiger partial charge on any atom is -0.384 e. The standard InChI is InChI=1S/C7H13NO2/c1-7(5-10-2)3-6(9)8-4-7/h3-5H2,1-2H3,(H,8,9). The summed E-state index contributed by atoms with van der Waals surface area (Å²) in [5.41, 5.74) is 0.0336. The minimum atomic E-state index is 0.0336. The third kappa shape index (κ3) is 1.48. The summed E-state index contributed by atoms with van der Waals surface area (Å²) in [6.45, 7) is 3.46. The Labute approximate surface area is 60.7 Å². The highest BCUT2D eigenvalue weighted by atomic mass is 16.5. The fraction of sp³-hybridized carbons (Fsp3) is 0.857. The maximum atomic E-state index is 10.8. The molecule has 1 aliphatic heterocycles. The number of amides is 1. The lowest BCUT2D eigenvalue weighted by molar-refractivity contribution is -0.119. The SMILES string of the molecule is COCC1(C)CNC(=O)C1. The van der Waals surface area contributed by atoms with Crippen molar-refractivity contribution in [2.45, 2.75) is 13.3 Å². The molecule has 1 aliphatic rings. The fourth-order valence-electron chi connectivity index (χ4n) is 1.28. The van der Waals surface area contributed by atoms with Gasteiger partial charge in [0.2, 0.25) is 5.91 Å². The first-order valence-corrected chi connectivity index (χ1v) is 3.42. The molecule has 10 heavy (non-hydrogen) atoms. The number of rotatable bonds is 2. The fourth-order valence-corrected chi connectivity index (χ4v) is 1.28. The van der Waals surface area contributed by atoms with Crippen LogP contribution in [0.2, 0.25) is 0 Å². The summed E-state index contributed by atoms with van der Waals surface area (Å²) in [6.07, 6.45) is 0.598. The van der Waals surface area contributed by atoms with Crippen molar-refractivity contribution in [2.75, 3.05) is 20.3 Å². The lowest BCUT2D eigenvalue weighted by Gasteiger charge is -2.18. The first kappa shape index (κ1) is 7.54. The van der Waals surface area contributed by atoms with E-state index in [1.807, 2.05) is 0 Å². The van der Waals surface area contributed by atoms with Crippen molar-refractivity contribution >= 4 is 5.91 Å². The molecule has 1 fully saturated rings. The van der Waals surface area contributed by atoms with Crippen molar-refractivity contribution in [3.05, 3.63) is 0 Å². The molecule has 0 aromatic rings. The zero-order valence-electron chi connectivity index (χ0n) is 6.44. The average molecular weight is 143 g/mol. The van der Waals surface area contributed by atoms with Crippen molar-refractivity contribution in [1.29, 1.82) is 0 Å². The smallest absolute Gasteiger partial charge is 0.220 e. The monoisotopic (exact) mass is 143 g/mol. The third-order valence-electron chi connectivity index (χ3n) is 1.79. The molecule has 1 unspecified atom stereocenters. The molecule has 0 spiro atoms. The zero-order valence-corrected chi connectivity index (χ0v) is 6.44. The summed E-state index contributed by atoms with van der Waals surface area (Å²) in [4.78, 5) is 10.8. The summed E-state index contributed by atoms with van der Waals surface area (Å²) in [7, 11) is 1.66. The Morgan fingerprint density at radius 1 is 1.80 bits per heavy atom. The molecule has 0 saturated carbocycles. The summed E-state index contributed by atoms with van der Waals surface area (Å²) in [5.74, 6) is 0.138. The Bertz CT molecular complexity index is 147. The largest absolute Gasteiger partial charge is 0.384 e. The van der Waals surface area contributed by atoms with Gasteiger partial charge in [0.15, 0.2) is 0 Å². The van der Waals surface area contributed by atoms with Gasteiger partial charge in [0.25, 0.3) is 0 Å². The first-order valence-electron chi connectivity index (χ1n) is 3.42. The van der Waals surface area contributed by atoms with E-state index in [2.05, 4.69) is 12.2 Å². The van der Waals surface area contributed by atoms with Gasteiger partial charge in [0.1, 0.15) is 0 Å². The summed E-state index contributed by atoms with van der Waals surface area (Å²) in [6, 6.07) is 0. The predicted octanol–water partition coefficient (Wildman–Crippen LogP) is 0.159. The van der Waals surface area contributed by atoms with Gasteiger partial charge >= 0.3 is 0 Å². The molecule has 0 bridgehead atoms. The van der Waals surface area contributed by atoms with Crippen LogP contribution in [0, 0.1) is 5.41 Å². The molecule has 1 heterocycles. The topological polar surface area (TPSA) is 38.3 Å². The van der Waals surface area contributed by atoms with Crippen molar-refractivity contribution in [3.8, 4) is 0 Å². The van der Waals surface area contributed by atoms with Crippen LogP contribution in [-0.2, 0) is 9.53 Å². The van der Waals surface area contributed by atoms with E-state index >= 15 is 0 Å². The second kappa shape index (κ2) is 2.58. The van der Waals surface area contributed by atoms with Gasteiger partial charge in [-0.25, -0.2) is 0 Å². The highest BCUT2D eigenvalue weighted by molar-refractivity contribution is 5.79. The Morgan fingerprint density at radius 3 is 2.90 bits per heavy atom. The van der Waals surface area contributed by atoms with E-state index in [0.29, 0.717) is 13.0 Å². The Morgan fingerprint density at radius 2 is 2.50 bits per heavy atom. The van der Waals surface area contributed by atoms with Gasteiger partial charge in [-0.3, -0.25) is 4.79 Å². The maximum absolute atomic E-state index is 10.8. The van der Waals surface area contributed by atoms with Crippen LogP contribution in [0.3, 0.4) is 0 Å². The number of hydrogen-bond donors (Lipinski definition) is 1. The molecular formula is C7H13NO2. The molecule has 58 valence electrons. The van der Waals surface area contributed by atoms with Gasteiger partial charge in [-0.1, -0.05) is 6.92 Å². The van der Waals surface area contributed by atoms with E-state index in [1.165, 1.54) is 0 Å². The van der Waals surface area contributed by atoms with Gasteiger partial charge < -0.3 is 10.1 Å². The van der Waals surface area contributed by atoms with E-state index in [4.69, 9.17) is 4.74 Å². The molecule has 1 amide bonds. The quantitative estimate of drug-likeness (QED) is 0.598. The number of hydrogen-bond acceptors (Lipinski definition) is 2. The van der Waals surface area contributed by atoms with Crippen LogP contribution in [-0.4, -0.2) is 26.2 Å². The third-order valence-corrected chi connectivity index (χ3v) is 1.79. The number of nitrogens with one attached hydrogen (secondary N) is 1. The van der Waals surface area contributed by atoms with Crippen molar-refractivity contribution in [1.82, 2.24) is 5.32 Å². The van der Waals surface area contributed by atoms with Crippen LogP contribution >= 0.6 is 0 Å². The predicted molar refractivity (Wildman–Crippen MR) is 37.6 cm³/mol. The van der Waals surface area contributed by atoms with E-state index in [-0.39, 0.29) is 11.3 Å². The zero-order chi connectivity index (χ0) is 7.61. The molecule has 3 nitrogen and oxygen atoms in total. The van der Waals surface area contributed by atoms with Gasteiger partial charge in [-0.15, -0.1) is 0 Å². The Balaban J connectivity index is 2.46. The second-order valence-electron chi connectivity index (χ2n) is 3.20. The molecule has 1 rings (SSSR count). The van der Waals surface area contributed by atoms with Crippen LogP contribution in [0.1, 0.15) is 13.3 Å². The van der Waals surface area contributed by atoms with Crippen molar-refractivity contribution in [2.24, 2.45) is 5.41 Å². The van der Waals surface area contributed by atoms with Gasteiger partial charge in [-0.2, -0.15) is 0 Å². The van der Waals surface area contributed by atoms with Gasteiger partial charge in [0.05, 0.1) is 6.61 Å². The van der Waals surface area contributed by atoms with E-state index in [9.17, 15) is 4.79 Å². The number of carbonyl (C=O) groups excluding carboxylic acids is 1. The van der Waals surface area contributed by atoms with Crippen LogP contribution in [0.15, 0.2) is 0 Å². The molecule has 0 aromatic heterocycles. The van der Waals surface area contributed by atoms with Crippen molar-refractivity contribution in [3.63, 3.8) is 0 Å². The van der Waals surface area contributed by atoms with Gasteiger partial charge in [0, 0.05) is 25.5 Å². The second-order valence-corrected chi connectivity index (χ2v) is 3.20. The molecule has 1 N–H and O–H groups in total. The summed E-state index contributed by atoms with van der Waals surface area (Å²) >= 11 is 0. The van der Waals surface area contributed by atoms with E-state index < -0.39 is 0 Å². The Hall–Kier alpha value is -0.570. The van der Waals surface area contributed by atoms with E-state index in [1.54, 1.807) is 7.11 Å². The minimum absolute atomic E-state index is 0.0336. The molecule has 3 heteroatoms. The maximum Gasteiger partial charge on any atom is 0.220 e. The highest BCUT2D eigenvalue weighted by Gasteiger charge is 2.33. The molecule has 0 radical (unpaired) electrons. The molecule has 0 aromatic carbocycles. The first-order chi connectivity index (χ1) is 4.66. The summed E-state index contributed by atoms with van der Waals surface area (Å²) < 4.78 is 4.98. The molecule has 0 aliphatic carbocycles. The van der Waals surface area contributed by atoms with Gasteiger partial charge in [-0.05, 0) is 0 Å². The number of methoxy groups -OCH3 is 1. The molecule has 1 atom stereocenters. The van der Waals surface area contributed by atoms with Crippen LogP contribution in [0.5, 0.6) is 0 Å². The van der Waals surface area contributed by atoms with Crippen LogP contribution in [0.4, 0.5) is 0 Å². The lowest BCUT2D eigenvalue weighted by Crippen LogP contribution is -2.25. The molecule has 1 saturated heterocycles. The average Bonchev–Trinajstić information content (AvgIpc) is 2.12. The van der Waals surface area contributed by atoms with Crippen molar-refractivity contribution < 1.29 is 9.53 Å². The summed E-state index contributed by atoms with van der Waals surface area (Å²) in [5, 5.41) is 2.78. The number of carbonyl (C=O) groups is 1. The lowest BCUT2D eigenvalue weighted by atomic mass is 9.91. The van der Waals surface area contributed by atoms with Crippen LogP contribution in [0.25, 0.3) is 0 Å². The number of ether oxygens (including phenoxy) is 1. The Kier molecular flexibility index (Phi) is 1.94. The molecular weight excluding hydrogens is 130 g/mol.